The van der Waals surface area contributed by atoms with Gasteiger partial charge in [0.05, 0.1) is 22.2 Å². The number of nitrogens with zero attached hydrogens (tertiary/aromatic N) is 2. The van der Waals surface area contributed by atoms with Gasteiger partial charge < -0.3 is 0 Å². The van der Waals surface area contributed by atoms with Crippen LogP contribution in [-0.2, 0) is 10.8 Å². The molecule has 0 aliphatic heterocycles. The molecule has 12 aromatic rings. The van der Waals surface area contributed by atoms with E-state index in [1.807, 2.05) is 6.07 Å². The summed E-state index contributed by atoms with van der Waals surface area (Å²) >= 11 is 0. The number of fused-ring (bicyclic) bond motifs is 7. The zero-order valence-electron chi connectivity index (χ0n) is 39.5. The lowest BCUT2D eigenvalue weighted by atomic mass is 9.67. The van der Waals surface area contributed by atoms with Gasteiger partial charge in [-0.25, -0.2) is 9.97 Å². The number of aromatic nitrogens is 2. The Balaban J connectivity index is 0.956. The van der Waals surface area contributed by atoms with E-state index in [0.29, 0.717) is 5.82 Å². The van der Waals surface area contributed by atoms with E-state index >= 15 is 0 Å². The first-order valence-electron chi connectivity index (χ1n) is 24.9. The van der Waals surface area contributed by atoms with Crippen LogP contribution in [0.2, 0.25) is 0 Å². The highest BCUT2D eigenvalue weighted by molar-refractivity contribution is 6.05. The highest BCUT2D eigenvalue weighted by Crippen LogP contribution is 2.58. The predicted molar refractivity (Wildman–Crippen MR) is 296 cm³/mol. The Morgan fingerprint density at radius 3 is 1.10 bits per heavy atom. The lowest BCUT2D eigenvalue weighted by molar-refractivity contribution is 0.768. The van der Waals surface area contributed by atoms with Crippen LogP contribution in [0.25, 0.3) is 78.1 Å². The number of hydrogen-bond donors (Lipinski definition) is 0. The van der Waals surface area contributed by atoms with Crippen molar-refractivity contribution < 1.29 is 0 Å². The molecule has 0 N–H and O–H groups in total. The van der Waals surface area contributed by atoms with Crippen molar-refractivity contribution in [3.8, 4) is 67.3 Å². The SMILES string of the molecule is c1ccc(-c2nc(-c3ccc4c(c3)C(c3ccccc3)(c3ccccc3)c3ccccc3-4)cc(-c3ccc(-c4ccc5c(c4)C(c4ccccc4)(c4ccccc4)c4ccccc4-5)c4ccccc34)n2)cc1. The Morgan fingerprint density at radius 2 is 0.583 bits per heavy atom. The summed E-state index contributed by atoms with van der Waals surface area (Å²) in [5.41, 5.74) is 21.3. The van der Waals surface area contributed by atoms with Crippen LogP contribution >= 0.6 is 0 Å². The van der Waals surface area contributed by atoms with Crippen LogP contribution in [0.5, 0.6) is 0 Å². The van der Waals surface area contributed by atoms with Crippen LogP contribution < -0.4 is 0 Å². The number of benzene rings is 11. The summed E-state index contributed by atoms with van der Waals surface area (Å²) in [5.74, 6) is 0.689. The molecule has 0 fully saturated rings. The van der Waals surface area contributed by atoms with Crippen LogP contribution in [0, 0.1) is 0 Å². The molecule has 2 aliphatic carbocycles. The second-order valence-electron chi connectivity index (χ2n) is 19.1. The minimum absolute atomic E-state index is 0.492. The quantitative estimate of drug-likeness (QED) is 0.152. The average molecular weight is 915 g/mol. The molecule has 0 radical (unpaired) electrons. The second-order valence-corrected chi connectivity index (χ2v) is 19.1. The Bertz CT molecular complexity index is 3940. The van der Waals surface area contributed by atoms with E-state index in [1.54, 1.807) is 0 Å². The van der Waals surface area contributed by atoms with Crippen LogP contribution in [0.15, 0.2) is 279 Å². The summed E-state index contributed by atoms with van der Waals surface area (Å²) in [6.45, 7) is 0. The van der Waals surface area contributed by atoms with Gasteiger partial charge >= 0.3 is 0 Å². The van der Waals surface area contributed by atoms with Crippen molar-refractivity contribution in [1.82, 2.24) is 9.97 Å². The lowest BCUT2D eigenvalue weighted by Crippen LogP contribution is -2.28. The van der Waals surface area contributed by atoms with Crippen molar-refractivity contribution in [2.45, 2.75) is 10.8 Å². The zero-order valence-corrected chi connectivity index (χ0v) is 39.5. The van der Waals surface area contributed by atoms with Crippen molar-refractivity contribution in [2.24, 2.45) is 0 Å². The van der Waals surface area contributed by atoms with Gasteiger partial charge in [-0.1, -0.05) is 261 Å². The fourth-order valence-electron chi connectivity index (χ4n) is 12.4. The minimum Gasteiger partial charge on any atom is -0.228 e. The van der Waals surface area contributed by atoms with Crippen LogP contribution in [-0.4, -0.2) is 9.97 Å². The maximum Gasteiger partial charge on any atom is 0.160 e. The van der Waals surface area contributed by atoms with E-state index in [-0.39, 0.29) is 0 Å². The van der Waals surface area contributed by atoms with Crippen molar-refractivity contribution >= 4 is 10.8 Å². The molecule has 72 heavy (non-hydrogen) atoms. The van der Waals surface area contributed by atoms with E-state index in [1.165, 1.54) is 83.3 Å². The summed E-state index contributed by atoms with van der Waals surface area (Å²) in [6, 6.07) is 102. The Labute approximate surface area is 420 Å². The molecule has 2 heteroatoms. The van der Waals surface area contributed by atoms with Gasteiger partial charge in [0.1, 0.15) is 0 Å². The Hall–Kier alpha value is -9.24. The van der Waals surface area contributed by atoms with Crippen LogP contribution in [0.1, 0.15) is 44.5 Å². The maximum absolute atomic E-state index is 5.43. The molecule has 1 aromatic heterocycles. The van der Waals surface area contributed by atoms with Gasteiger partial charge in [-0.15, -0.1) is 0 Å². The van der Waals surface area contributed by atoms with Gasteiger partial charge in [-0.3, -0.25) is 0 Å². The van der Waals surface area contributed by atoms with E-state index < -0.39 is 10.8 Å². The normalized spacial score (nSPS) is 13.5. The minimum atomic E-state index is -0.531. The molecule has 14 rings (SSSR count). The van der Waals surface area contributed by atoms with Crippen molar-refractivity contribution in [1.29, 1.82) is 0 Å². The molecule has 0 unspecified atom stereocenters. The van der Waals surface area contributed by atoms with Gasteiger partial charge in [0.15, 0.2) is 5.82 Å². The lowest BCUT2D eigenvalue weighted by Gasteiger charge is -2.34. The van der Waals surface area contributed by atoms with Gasteiger partial charge in [0.2, 0.25) is 0 Å². The highest BCUT2D eigenvalue weighted by Gasteiger charge is 2.47. The molecule has 1 heterocycles. The summed E-state index contributed by atoms with van der Waals surface area (Å²) < 4.78 is 0. The molecule has 0 spiro atoms. The van der Waals surface area contributed by atoms with Gasteiger partial charge in [-0.2, -0.15) is 0 Å². The molecule has 0 bridgehead atoms. The van der Waals surface area contributed by atoms with Gasteiger partial charge in [0, 0.05) is 16.7 Å². The first-order chi connectivity index (χ1) is 35.7. The van der Waals surface area contributed by atoms with E-state index in [9.17, 15) is 0 Å². The third-order valence-corrected chi connectivity index (χ3v) is 15.5. The van der Waals surface area contributed by atoms with E-state index in [2.05, 4.69) is 273 Å². The molecule has 0 atom stereocenters. The molecule has 0 saturated heterocycles. The van der Waals surface area contributed by atoms with E-state index in [0.717, 1.165) is 33.5 Å². The summed E-state index contributed by atoms with van der Waals surface area (Å²) in [7, 11) is 0. The third kappa shape index (κ3) is 6.22. The first kappa shape index (κ1) is 41.7. The number of hydrogen-bond acceptors (Lipinski definition) is 2. The molecule has 0 amide bonds. The standard InChI is InChI=1S/C70H46N2/c1-6-22-47(23-7-1)68-71-66(49-39-41-60-58-35-19-21-37-63(58)70(65(60)45-49,52-28-12-4-13-29-52)53-30-14-5-15-31-53)46-67(72-68)61-43-42-54(55-32-16-17-33-56(55)61)48-38-40-59-57-34-18-20-36-62(57)69(64(59)44-48,50-24-8-2-9-25-50)51-26-10-3-11-27-51/h1-46H. The second kappa shape index (κ2) is 16.7. The molecule has 0 saturated carbocycles. The molecule has 2 aliphatic rings. The predicted octanol–water partition coefficient (Wildman–Crippen LogP) is 17.0. The van der Waals surface area contributed by atoms with Gasteiger partial charge in [0.25, 0.3) is 0 Å². The monoisotopic (exact) mass is 914 g/mol. The summed E-state index contributed by atoms with van der Waals surface area (Å²) in [6.07, 6.45) is 0. The highest BCUT2D eigenvalue weighted by atomic mass is 14.9. The molecular weight excluding hydrogens is 869 g/mol. The Morgan fingerprint density at radius 1 is 0.222 bits per heavy atom. The van der Waals surface area contributed by atoms with Crippen molar-refractivity contribution in [2.75, 3.05) is 0 Å². The fourth-order valence-corrected chi connectivity index (χ4v) is 12.4. The zero-order chi connectivity index (χ0) is 47.6. The van der Waals surface area contributed by atoms with Crippen LogP contribution in [0.4, 0.5) is 0 Å². The first-order valence-corrected chi connectivity index (χ1v) is 24.9. The molecule has 11 aromatic carbocycles. The molecule has 336 valence electrons. The van der Waals surface area contributed by atoms with Crippen LogP contribution in [0.3, 0.4) is 0 Å². The molecular formula is C70H46N2. The average Bonchev–Trinajstić information content (AvgIpc) is 3.94. The fraction of sp³-hybridized carbons (Fsp3) is 0.0286. The summed E-state index contributed by atoms with van der Waals surface area (Å²) in [5, 5.41) is 2.30. The number of rotatable bonds is 8. The van der Waals surface area contributed by atoms with Gasteiger partial charge in [-0.05, 0) is 107 Å². The van der Waals surface area contributed by atoms with Crippen molar-refractivity contribution in [3.05, 3.63) is 324 Å². The van der Waals surface area contributed by atoms with Crippen molar-refractivity contribution in [3.63, 3.8) is 0 Å². The third-order valence-electron chi connectivity index (χ3n) is 15.5. The smallest absolute Gasteiger partial charge is 0.160 e. The topological polar surface area (TPSA) is 25.8 Å². The van der Waals surface area contributed by atoms with E-state index in [4.69, 9.17) is 9.97 Å². The largest absolute Gasteiger partial charge is 0.228 e. The summed E-state index contributed by atoms with van der Waals surface area (Å²) in [4.78, 5) is 10.8. The Kier molecular flexibility index (Phi) is 9.69. The maximum atomic E-state index is 5.43. The molecule has 2 nitrogen and oxygen atoms in total.